The highest BCUT2D eigenvalue weighted by atomic mass is 32.2. The summed E-state index contributed by atoms with van der Waals surface area (Å²) in [5.41, 5.74) is 3.58. The van der Waals surface area contributed by atoms with Gasteiger partial charge in [0.05, 0.1) is 23.4 Å². The quantitative estimate of drug-likeness (QED) is 0.355. The van der Waals surface area contributed by atoms with Crippen molar-refractivity contribution >= 4 is 43.5 Å². The van der Waals surface area contributed by atoms with E-state index in [2.05, 4.69) is 37.0 Å². The molecule has 0 bridgehead atoms. The van der Waals surface area contributed by atoms with Crippen LogP contribution in [-0.2, 0) is 16.4 Å². The fourth-order valence-corrected chi connectivity index (χ4v) is 4.21. The molecule has 0 unspecified atom stereocenters. The predicted octanol–water partition coefficient (Wildman–Crippen LogP) is 2.96. The van der Waals surface area contributed by atoms with Crippen LogP contribution in [0.15, 0.2) is 49.4 Å². The summed E-state index contributed by atoms with van der Waals surface area (Å²) in [6.07, 6.45) is 7.47. The van der Waals surface area contributed by atoms with Crippen LogP contribution in [0.2, 0.25) is 0 Å². The van der Waals surface area contributed by atoms with Crippen LogP contribution in [0.25, 0.3) is 21.9 Å². The fraction of sp³-hybridized carbons (Fsp3) is 0.250. The number of anilines is 2. The van der Waals surface area contributed by atoms with Gasteiger partial charge in [-0.3, -0.25) is 5.10 Å². The third kappa shape index (κ3) is 4.34. The second-order valence-electron chi connectivity index (χ2n) is 7.09. The lowest BCUT2D eigenvalue weighted by molar-refractivity contribution is 0.438. The van der Waals surface area contributed by atoms with Crippen LogP contribution in [0.4, 0.5) is 11.5 Å². The highest BCUT2D eigenvalue weighted by Gasteiger charge is 2.15. The Bertz CT molecular complexity index is 1290. The smallest absolute Gasteiger partial charge is 0.211 e. The molecule has 0 aliphatic heterocycles. The minimum absolute atomic E-state index is 0.312. The number of rotatable bonds is 9. The monoisotopic (exact) mass is 425 g/mol. The Morgan fingerprint density at radius 1 is 1.27 bits per heavy atom. The third-order valence-corrected chi connectivity index (χ3v) is 6.11. The first-order valence-electron chi connectivity index (χ1n) is 9.53. The van der Waals surface area contributed by atoms with E-state index < -0.39 is 10.0 Å². The Balaban J connectivity index is 1.49. The van der Waals surface area contributed by atoms with Gasteiger partial charge >= 0.3 is 0 Å². The van der Waals surface area contributed by atoms with E-state index in [1.807, 2.05) is 24.3 Å². The van der Waals surface area contributed by atoms with Gasteiger partial charge in [0.25, 0.3) is 0 Å². The van der Waals surface area contributed by atoms with Gasteiger partial charge in [0, 0.05) is 29.9 Å². The van der Waals surface area contributed by atoms with Crippen LogP contribution in [0.1, 0.15) is 12.1 Å². The highest BCUT2D eigenvalue weighted by molar-refractivity contribution is 7.88. The van der Waals surface area contributed by atoms with E-state index in [0.29, 0.717) is 31.7 Å². The van der Waals surface area contributed by atoms with Crippen molar-refractivity contribution in [1.29, 1.82) is 0 Å². The molecular weight excluding hydrogens is 402 g/mol. The van der Waals surface area contributed by atoms with Crippen molar-refractivity contribution in [3.8, 4) is 0 Å². The first-order chi connectivity index (χ1) is 14.4. The summed E-state index contributed by atoms with van der Waals surface area (Å²) < 4.78 is 25.1. The van der Waals surface area contributed by atoms with Gasteiger partial charge < -0.3 is 10.3 Å². The lowest BCUT2D eigenvalue weighted by Gasteiger charge is -2.17. The summed E-state index contributed by atoms with van der Waals surface area (Å²) in [4.78, 5) is 12.0. The van der Waals surface area contributed by atoms with E-state index >= 15 is 0 Å². The van der Waals surface area contributed by atoms with E-state index in [1.54, 1.807) is 12.3 Å². The molecule has 0 saturated heterocycles. The Labute approximate surface area is 174 Å². The van der Waals surface area contributed by atoms with Crippen LogP contribution >= 0.6 is 0 Å². The molecule has 0 spiro atoms. The average Bonchev–Trinajstić information content (AvgIpc) is 3.33. The van der Waals surface area contributed by atoms with Crippen LogP contribution in [0, 0.1) is 0 Å². The number of aromatic amines is 2. The van der Waals surface area contributed by atoms with E-state index in [4.69, 9.17) is 0 Å². The number of aromatic nitrogens is 5. The number of aryl methyl sites for hydroxylation is 1. The number of hydrogen-bond acceptors (Lipinski definition) is 6. The van der Waals surface area contributed by atoms with Crippen LogP contribution in [0.3, 0.4) is 0 Å². The molecule has 3 aromatic heterocycles. The first-order valence-corrected chi connectivity index (χ1v) is 11.4. The maximum absolute atomic E-state index is 11.8. The van der Waals surface area contributed by atoms with Crippen LogP contribution < -0.4 is 5.32 Å². The van der Waals surface area contributed by atoms with Gasteiger partial charge in [0.2, 0.25) is 10.0 Å². The van der Waals surface area contributed by atoms with Gasteiger partial charge in [0.1, 0.15) is 17.8 Å². The van der Waals surface area contributed by atoms with E-state index in [1.165, 1.54) is 16.9 Å². The zero-order chi connectivity index (χ0) is 21.1. The summed E-state index contributed by atoms with van der Waals surface area (Å²) in [6.45, 7) is 4.37. The van der Waals surface area contributed by atoms with Gasteiger partial charge in [0.15, 0.2) is 0 Å². The largest absolute Gasteiger partial charge is 0.343 e. The molecule has 3 heterocycles. The molecule has 156 valence electrons. The molecule has 0 fully saturated rings. The molecule has 30 heavy (non-hydrogen) atoms. The molecule has 0 aliphatic carbocycles. The van der Waals surface area contributed by atoms with Gasteiger partial charge in [-0.1, -0.05) is 6.08 Å². The molecular formula is C20H23N7O2S. The molecule has 0 amide bonds. The van der Waals surface area contributed by atoms with Gasteiger partial charge in [-0.25, -0.2) is 18.4 Å². The summed E-state index contributed by atoms with van der Waals surface area (Å²) in [6, 6.07) is 7.93. The fourth-order valence-electron chi connectivity index (χ4n) is 3.37. The maximum Gasteiger partial charge on any atom is 0.211 e. The molecule has 0 atom stereocenters. The van der Waals surface area contributed by atoms with Gasteiger partial charge in [-0.2, -0.15) is 9.40 Å². The lowest BCUT2D eigenvalue weighted by atomic mass is 10.2. The van der Waals surface area contributed by atoms with Crippen LogP contribution in [-0.4, -0.2) is 57.2 Å². The summed E-state index contributed by atoms with van der Waals surface area (Å²) in [5.74, 6) is 0.703. The Morgan fingerprint density at radius 2 is 2.13 bits per heavy atom. The van der Waals surface area contributed by atoms with Crippen molar-refractivity contribution in [2.75, 3.05) is 24.7 Å². The minimum Gasteiger partial charge on any atom is -0.343 e. The van der Waals surface area contributed by atoms with Gasteiger partial charge in [-0.05, 0) is 37.1 Å². The molecule has 0 radical (unpaired) electrons. The lowest BCUT2D eigenvalue weighted by Crippen LogP contribution is -2.31. The van der Waals surface area contributed by atoms with E-state index in [0.717, 1.165) is 33.3 Å². The Kier molecular flexibility index (Phi) is 5.51. The molecule has 4 aromatic rings. The number of H-pyrrole nitrogens is 2. The summed E-state index contributed by atoms with van der Waals surface area (Å²) in [7, 11) is -3.25. The summed E-state index contributed by atoms with van der Waals surface area (Å²) in [5, 5.41) is 12.2. The molecule has 0 aliphatic rings. The predicted molar refractivity (Wildman–Crippen MR) is 118 cm³/mol. The van der Waals surface area contributed by atoms with E-state index in [-0.39, 0.29) is 0 Å². The minimum atomic E-state index is -3.25. The number of nitrogens with one attached hydrogen (secondary N) is 3. The zero-order valence-electron chi connectivity index (χ0n) is 16.6. The normalized spacial score (nSPS) is 12.1. The molecule has 10 heteroatoms. The van der Waals surface area contributed by atoms with Gasteiger partial charge in [-0.15, -0.1) is 6.58 Å². The van der Waals surface area contributed by atoms with Crippen molar-refractivity contribution in [3.05, 3.63) is 55.1 Å². The molecule has 4 rings (SSSR count). The van der Waals surface area contributed by atoms with Crippen molar-refractivity contribution in [3.63, 3.8) is 0 Å². The Hall–Kier alpha value is -3.24. The summed E-state index contributed by atoms with van der Waals surface area (Å²) >= 11 is 0. The second kappa shape index (κ2) is 8.25. The molecule has 0 saturated carbocycles. The van der Waals surface area contributed by atoms with Crippen molar-refractivity contribution in [2.45, 2.75) is 12.8 Å². The first kappa shape index (κ1) is 20.0. The molecule has 3 N–H and O–H groups in total. The zero-order valence-corrected chi connectivity index (χ0v) is 17.4. The number of benzene rings is 1. The molecule has 1 aromatic carbocycles. The topological polar surface area (TPSA) is 120 Å². The van der Waals surface area contributed by atoms with Crippen LogP contribution in [0.5, 0.6) is 0 Å². The van der Waals surface area contributed by atoms with E-state index in [9.17, 15) is 8.42 Å². The number of hydrogen-bond donors (Lipinski definition) is 3. The molecule has 9 nitrogen and oxygen atoms in total. The standard InChI is InChI=1S/C20H23N7O2S/c1-3-8-27(30(2,28)29)9-4-5-15-11-17-19(24-15)21-13-22-20(17)25-16-6-7-18-14(10-16)12-23-26-18/h3,6-7,10-13H,1,4-5,8-9H2,2H3,(H,23,26)(H2,21,22,24,25). The highest BCUT2D eigenvalue weighted by Crippen LogP contribution is 2.26. The SMILES string of the molecule is C=CCN(CCCc1cc2c(Nc3ccc4[nH]ncc4c3)ncnc2[nH]1)S(C)(=O)=O. The third-order valence-electron chi connectivity index (χ3n) is 4.84. The van der Waals surface area contributed by atoms with Crippen molar-refractivity contribution < 1.29 is 8.42 Å². The van der Waals surface area contributed by atoms with Crippen molar-refractivity contribution in [1.82, 2.24) is 29.5 Å². The maximum atomic E-state index is 11.8. The average molecular weight is 426 g/mol. The number of sulfonamides is 1. The second-order valence-corrected chi connectivity index (χ2v) is 9.07. The Morgan fingerprint density at radius 3 is 2.93 bits per heavy atom. The number of nitrogens with zero attached hydrogens (tertiary/aromatic N) is 4. The number of fused-ring (bicyclic) bond motifs is 2. The van der Waals surface area contributed by atoms with Crippen molar-refractivity contribution in [2.24, 2.45) is 0 Å².